The Labute approximate surface area is 142 Å². The number of rotatable bonds is 4. The second kappa shape index (κ2) is 6.48. The van der Waals surface area contributed by atoms with Crippen LogP contribution in [0.25, 0.3) is 11.1 Å². The van der Waals surface area contributed by atoms with Crippen LogP contribution in [0.2, 0.25) is 10.0 Å². The molecule has 2 aromatic carbocycles. The van der Waals surface area contributed by atoms with Gasteiger partial charge in [0.05, 0.1) is 28.5 Å². The molecule has 0 aliphatic heterocycles. The van der Waals surface area contributed by atoms with Gasteiger partial charge in [-0.25, -0.2) is 4.79 Å². The third kappa shape index (κ3) is 3.41. The number of nitrogens with zero attached hydrogens (tertiary/aromatic N) is 2. The van der Waals surface area contributed by atoms with Crippen molar-refractivity contribution in [3.63, 3.8) is 0 Å². The number of hydrogen-bond acceptors (Lipinski definition) is 4. The number of halogens is 2. The van der Waals surface area contributed by atoms with Crippen LogP contribution >= 0.6 is 23.2 Å². The van der Waals surface area contributed by atoms with Crippen LogP contribution < -0.4 is 11.2 Å². The first-order chi connectivity index (χ1) is 11.0. The van der Waals surface area contributed by atoms with Crippen LogP contribution in [0.3, 0.4) is 0 Å². The average Bonchev–Trinajstić information content (AvgIpc) is 2.84. The quantitative estimate of drug-likeness (QED) is 0.561. The van der Waals surface area contributed by atoms with Crippen LogP contribution in [0.1, 0.15) is 6.92 Å². The first kappa shape index (κ1) is 15.6. The lowest BCUT2D eigenvalue weighted by Gasteiger charge is -2.06. The number of hydrazone groups is 1. The molecule has 0 saturated carbocycles. The van der Waals surface area contributed by atoms with E-state index in [1.54, 1.807) is 31.2 Å². The molecule has 0 bridgehead atoms. The first-order valence-corrected chi connectivity index (χ1v) is 7.63. The highest BCUT2D eigenvalue weighted by atomic mass is 35.5. The summed E-state index contributed by atoms with van der Waals surface area (Å²) in [6.45, 7) is 2.11. The minimum Gasteiger partial charge on any atom is -0.408 e. The van der Waals surface area contributed by atoms with Crippen LogP contribution in [0.15, 0.2) is 56.8 Å². The van der Waals surface area contributed by atoms with Crippen LogP contribution in [0.4, 0.5) is 5.69 Å². The largest absolute Gasteiger partial charge is 0.420 e. The molecule has 0 spiro atoms. The lowest BCUT2D eigenvalue weighted by atomic mass is 10.3. The second-order valence-corrected chi connectivity index (χ2v) is 5.85. The van der Waals surface area contributed by atoms with Crippen molar-refractivity contribution in [3.05, 3.63) is 63.1 Å². The van der Waals surface area contributed by atoms with Gasteiger partial charge in [0, 0.05) is 5.02 Å². The zero-order valence-corrected chi connectivity index (χ0v) is 13.7. The van der Waals surface area contributed by atoms with Gasteiger partial charge < -0.3 is 4.42 Å². The van der Waals surface area contributed by atoms with Crippen molar-refractivity contribution in [2.24, 2.45) is 5.10 Å². The topological polar surface area (TPSA) is 59.5 Å². The molecule has 1 heterocycles. The molecule has 5 nitrogen and oxygen atoms in total. The van der Waals surface area contributed by atoms with Gasteiger partial charge in [-0.3, -0.25) is 9.99 Å². The van der Waals surface area contributed by atoms with Crippen molar-refractivity contribution in [2.75, 3.05) is 5.43 Å². The third-order valence-corrected chi connectivity index (χ3v) is 3.82. The zero-order chi connectivity index (χ0) is 16.4. The number of anilines is 1. The monoisotopic (exact) mass is 349 g/mol. The van der Waals surface area contributed by atoms with E-state index >= 15 is 0 Å². The van der Waals surface area contributed by atoms with E-state index in [1.165, 1.54) is 4.57 Å². The number of oxazole rings is 1. The smallest absolute Gasteiger partial charge is 0.408 e. The molecule has 0 aliphatic rings. The van der Waals surface area contributed by atoms with E-state index in [4.69, 9.17) is 27.6 Å². The first-order valence-electron chi connectivity index (χ1n) is 6.87. The zero-order valence-electron chi connectivity index (χ0n) is 12.2. The summed E-state index contributed by atoms with van der Waals surface area (Å²) in [4.78, 5) is 11.9. The van der Waals surface area contributed by atoms with E-state index in [0.29, 0.717) is 33.6 Å². The normalized spacial score (nSPS) is 11.9. The highest BCUT2D eigenvalue weighted by Gasteiger charge is 2.09. The van der Waals surface area contributed by atoms with Crippen molar-refractivity contribution in [2.45, 2.75) is 13.5 Å². The van der Waals surface area contributed by atoms with E-state index in [-0.39, 0.29) is 0 Å². The molecular formula is C16H13Cl2N3O2. The highest BCUT2D eigenvalue weighted by Crippen LogP contribution is 2.25. The molecule has 3 aromatic rings. The maximum absolute atomic E-state index is 11.9. The van der Waals surface area contributed by atoms with E-state index < -0.39 is 5.76 Å². The molecular weight excluding hydrogens is 337 g/mol. The summed E-state index contributed by atoms with van der Waals surface area (Å²) in [5.41, 5.74) is 5.43. The Morgan fingerprint density at radius 1 is 1.26 bits per heavy atom. The van der Waals surface area contributed by atoms with Crippen molar-refractivity contribution < 1.29 is 4.42 Å². The van der Waals surface area contributed by atoms with Crippen molar-refractivity contribution >= 4 is 45.7 Å². The summed E-state index contributed by atoms with van der Waals surface area (Å²) in [6.07, 6.45) is 0. The molecule has 0 atom stereocenters. The number of aromatic nitrogens is 1. The van der Waals surface area contributed by atoms with Gasteiger partial charge >= 0.3 is 5.76 Å². The fourth-order valence-corrected chi connectivity index (χ4v) is 2.50. The maximum Gasteiger partial charge on any atom is 0.420 e. The van der Waals surface area contributed by atoms with Crippen molar-refractivity contribution in [1.29, 1.82) is 0 Å². The summed E-state index contributed by atoms with van der Waals surface area (Å²) in [7, 11) is 0. The van der Waals surface area contributed by atoms with Gasteiger partial charge in [0.1, 0.15) is 0 Å². The third-order valence-electron chi connectivity index (χ3n) is 3.26. The lowest BCUT2D eigenvalue weighted by molar-refractivity contribution is 0.522. The Kier molecular flexibility index (Phi) is 4.41. The van der Waals surface area contributed by atoms with E-state index in [2.05, 4.69) is 10.5 Å². The number of nitrogens with one attached hydrogen (secondary N) is 1. The summed E-state index contributed by atoms with van der Waals surface area (Å²) < 4.78 is 6.71. The van der Waals surface area contributed by atoms with Gasteiger partial charge in [-0.05, 0) is 37.3 Å². The summed E-state index contributed by atoms with van der Waals surface area (Å²) in [6, 6.07) is 12.3. The number of hydrogen-bond donors (Lipinski definition) is 1. The summed E-state index contributed by atoms with van der Waals surface area (Å²) >= 11 is 12.0. The van der Waals surface area contributed by atoms with Crippen LogP contribution in [0.5, 0.6) is 0 Å². The second-order valence-electron chi connectivity index (χ2n) is 5.00. The Morgan fingerprint density at radius 3 is 2.87 bits per heavy atom. The number of fused-ring (bicyclic) bond motifs is 1. The molecule has 1 N–H and O–H groups in total. The fourth-order valence-electron chi connectivity index (χ4n) is 2.17. The Morgan fingerprint density at radius 2 is 2.04 bits per heavy atom. The lowest BCUT2D eigenvalue weighted by Crippen LogP contribution is -2.19. The minimum absolute atomic E-state index is 0.307. The molecule has 3 rings (SSSR count). The Balaban J connectivity index is 1.83. The van der Waals surface area contributed by atoms with Crippen molar-refractivity contribution in [3.8, 4) is 0 Å². The molecule has 0 fully saturated rings. The molecule has 0 unspecified atom stereocenters. The minimum atomic E-state index is -0.415. The molecule has 1 aromatic heterocycles. The maximum atomic E-state index is 11.9. The summed E-state index contributed by atoms with van der Waals surface area (Å²) in [5, 5.41) is 5.31. The van der Waals surface area contributed by atoms with E-state index in [0.717, 1.165) is 5.52 Å². The van der Waals surface area contributed by atoms with E-state index in [9.17, 15) is 4.79 Å². The van der Waals surface area contributed by atoms with E-state index in [1.807, 2.05) is 18.2 Å². The van der Waals surface area contributed by atoms with Gasteiger partial charge in [-0.1, -0.05) is 35.3 Å². The average molecular weight is 350 g/mol. The standard InChI is InChI=1S/C16H13Cl2N3O2/c1-10(19-20-13-8-11(17)6-7-12(13)18)9-21-14-4-2-3-5-15(14)23-16(21)22/h2-8,20H,9H2,1H3. The van der Waals surface area contributed by atoms with Gasteiger partial charge in [-0.15, -0.1) is 0 Å². The fraction of sp³-hybridized carbons (Fsp3) is 0.125. The van der Waals surface area contributed by atoms with Crippen LogP contribution in [0, 0.1) is 0 Å². The molecule has 0 amide bonds. The molecule has 0 saturated heterocycles. The molecule has 0 aliphatic carbocycles. The number of para-hydroxylation sites is 2. The predicted octanol–water partition coefficient (Wildman–Crippen LogP) is 4.39. The SMILES string of the molecule is CC(Cn1c(=O)oc2ccccc21)=NNc1cc(Cl)ccc1Cl. The Hall–Kier alpha value is -2.24. The van der Waals surface area contributed by atoms with Crippen LogP contribution in [-0.4, -0.2) is 10.3 Å². The molecule has 0 radical (unpaired) electrons. The van der Waals surface area contributed by atoms with Gasteiger partial charge in [-0.2, -0.15) is 5.10 Å². The molecule has 23 heavy (non-hydrogen) atoms. The molecule has 118 valence electrons. The van der Waals surface area contributed by atoms with Crippen molar-refractivity contribution in [1.82, 2.24) is 4.57 Å². The summed E-state index contributed by atoms with van der Waals surface area (Å²) in [5.74, 6) is -0.415. The Bertz CT molecular complexity index is 944. The highest BCUT2D eigenvalue weighted by molar-refractivity contribution is 6.35. The van der Waals surface area contributed by atoms with Gasteiger partial charge in [0.25, 0.3) is 0 Å². The predicted molar refractivity (Wildman–Crippen MR) is 93.7 cm³/mol. The molecule has 7 heteroatoms. The van der Waals surface area contributed by atoms with Gasteiger partial charge in [0.2, 0.25) is 0 Å². The number of benzene rings is 2. The van der Waals surface area contributed by atoms with Crippen LogP contribution in [-0.2, 0) is 6.54 Å². The van der Waals surface area contributed by atoms with Gasteiger partial charge in [0.15, 0.2) is 5.58 Å².